The van der Waals surface area contributed by atoms with Gasteiger partial charge in [-0.3, -0.25) is 10.1 Å². The van der Waals surface area contributed by atoms with E-state index in [2.05, 4.69) is 12.2 Å². The van der Waals surface area contributed by atoms with Crippen molar-refractivity contribution in [2.24, 2.45) is 5.41 Å². The standard InChI is InChI=1S/C14H19ClN2O2/c1-14(6-2-3-7-14)10-16-9-11-4-5-12(17(18)19)8-13(11)15/h4-5,8,16H,2-3,6-7,9-10H2,1H3. The molecule has 1 saturated carbocycles. The van der Waals surface area contributed by atoms with Crippen LogP contribution in [0.15, 0.2) is 18.2 Å². The SMILES string of the molecule is CC1(CNCc2ccc([N+](=O)[O-])cc2Cl)CCCC1. The molecule has 1 aromatic carbocycles. The number of rotatable bonds is 5. The Morgan fingerprint density at radius 3 is 2.68 bits per heavy atom. The largest absolute Gasteiger partial charge is 0.312 e. The van der Waals surface area contributed by atoms with Gasteiger partial charge in [0, 0.05) is 25.2 Å². The normalized spacial score (nSPS) is 17.6. The first-order valence-corrected chi connectivity index (χ1v) is 7.02. The van der Waals surface area contributed by atoms with E-state index in [0.29, 0.717) is 17.0 Å². The lowest BCUT2D eigenvalue weighted by Crippen LogP contribution is -2.29. The third-order valence-corrected chi connectivity index (χ3v) is 4.28. The van der Waals surface area contributed by atoms with Gasteiger partial charge in [0.15, 0.2) is 0 Å². The number of hydrogen-bond acceptors (Lipinski definition) is 3. The maximum absolute atomic E-state index is 10.6. The summed E-state index contributed by atoms with van der Waals surface area (Å²) in [6, 6.07) is 4.64. The summed E-state index contributed by atoms with van der Waals surface area (Å²) in [6.07, 6.45) is 5.18. The molecule has 0 aliphatic heterocycles. The summed E-state index contributed by atoms with van der Waals surface area (Å²) in [5, 5.41) is 14.5. The van der Waals surface area contributed by atoms with Crippen LogP contribution in [0.5, 0.6) is 0 Å². The fraction of sp³-hybridized carbons (Fsp3) is 0.571. The van der Waals surface area contributed by atoms with Crippen LogP contribution in [0.4, 0.5) is 5.69 Å². The van der Waals surface area contributed by atoms with Gasteiger partial charge in [0.05, 0.1) is 9.95 Å². The first-order chi connectivity index (χ1) is 9.00. The van der Waals surface area contributed by atoms with Crippen molar-refractivity contribution in [1.82, 2.24) is 5.32 Å². The Hall–Kier alpha value is -1.13. The van der Waals surface area contributed by atoms with Crippen molar-refractivity contribution in [3.05, 3.63) is 38.9 Å². The molecule has 0 radical (unpaired) electrons. The number of nitrogens with zero attached hydrogens (tertiary/aromatic N) is 1. The Kier molecular flexibility index (Phi) is 4.42. The zero-order valence-corrected chi connectivity index (χ0v) is 11.9. The van der Waals surface area contributed by atoms with Crippen molar-refractivity contribution in [2.45, 2.75) is 39.2 Å². The second kappa shape index (κ2) is 5.88. The number of nitro groups is 1. The predicted molar refractivity (Wildman–Crippen MR) is 76.4 cm³/mol. The van der Waals surface area contributed by atoms with Crippen LogP contribution in [0.2, 0.25) is 5.02 Å². The van der Waals surface area contributed by atoms with Gasteiger partial charge in [0.1, 0.15) is 0 Å². The van der Waals surface area contributed by atoms with Gasteiger partial charge in [-0.2, -0.15) is 0 Å². The van der Waals surface area contributed by atoms with Crippen LogP contribution in [-0.4, -0.2) is 11.5 Å². The molecule has 1 fully saturated rings. The fourth-order valence-corrected chi connectivity index (χ4v) is 2.94. The quantitative estimate of drug-likeness (QED) is 0.658. The second-order valence-corrected chi connectivity index (χ2v) is 6.06. The van der Waals surface area contributed by atoms with E-state index >= 15 is 0 Å². The van der Waals surface area contributed by atoms with E-state index in [1.165, 1.54) is 37.8 Å². The average molecular weight is 283 g/mol. The zero-order valence-electron chi connectivity index (χ0n) is 11.1. The lowest BCUT2D eigenvalue weighted by molar-refractivity contribution is -0.384. The van der Waals surface area contributed by atoms with Crippen molar-refractivity contribution in [3.63, 3.8) is 0 Å². The minimum atomic E-state index is -0.428. The highest BCUT2D eigenvalue weighted by atomic mass is 35.5. The maximum Gasteiger partial charge on any atom is 0.270 e. The molecule has 1 aliphatic rings. The minimum Gasteiger partial charge on any atom is -0.312 e. The molecule has 0 spiro atoms. The molecule has 2 rings (SSSR count). The van der Waals surface area contributed by atoms with Crippen molar-refractivity contribution < 1.29 is 4.92 Å². The Morgan fingerprint density at radius 2 is 2.11 bits per heavy atom. The van der Waals surface area contributed by atoms with Crippen LogP contribution in [0.3, 0.4) is 0 Å². The molecule has 0 unspecified atom stereocenters. The Balaban J connectivity index is 1.91. The zero-order chi connectivity index (χ0) is 13.9. The van der Waals surface area contributed by atoms with Crippen LogP contribution in [0.1, 0.15) is 38.2 Å². The van der Waals surface area contributed by atoms with Gasteiger partial charge in [-0.15, -0.1) is 0 Å². The highest BCUT2D eigenvalue weighted by Crippen LogP contribution is 2.36. The molecule has 0 atom stereocenters. The monoisotopic (exact) mass is 282 g/mol. The smallest absolute Gasteiger partial charge is 0.270 e. The molecule has 1 aromatic rings. The predicted octanol–water partition coefficient (Wildman–Crippen LogP) is 3.92. The van der Waals surface area contributed by atoms with E-state index in [4.69, 9.17) is 11.6 Å². The van der Waals surface area contributed by atoms with E-state index in [0.717, 1.165) is 12.1 Å². The van der Waals surface area contributed by atoms with Gasteiger partial charge < -0.3 is 5.32 Å². The molecule has 1 N–H and O–H groups in total. The van der Waals surface area contributed by atoms with Gasteiger partial charge in [0.2, 0.25) is 0 Å². The average Bonchev–Trinajstić information content (AvgIpc) is 2.78. The summed E-state index contributed by atoms with van der Waals surface area (Å²) in [5.74, 6) is 0. The summed E-state index contributed by atoms with van der Waals surface area (Å²) >= 11 is 6.06. The number of nitro benzene ring substituents is 1. The number of benzene rings is 1. The molecule has 0 aromatic heterocycles. The number of non-ortho nitro benzene ring substituents is 1. The molecule has 0 heterocycles. The van der Waals surface area contributed by atoms with E-state index in [1.807, 2.05) is 0 Å². The summed E-state index contributed by atoms with van der Waals surface area (Å²) in [5.41, 5.74) is 1.35. The highest BCUT2D eigenvalue weighted by Gasteiger charge is 2.27. The number of hydrogen-bond donors (Lipinski definition) is 1. The molecular weight excluding hydrogens is 264 g/mol. The first kappa shape index (κ1) is 14.3. The van der Waals surface area contributed by atoms with Crippen LogP contribution < -0.4 is 5.32 Å². The van der Waals surface area contributed by atoms with E-state index in [-0.39, 0.29) is 5.69 Å². The molecule has 0 bridgehead atoms. The molecule has 4 nitrogen and oxygen atoms in total. The van der Waals surface area contributed by atoms with Crippen molar-refractivity contribution in [2.75, 3.05) is 6.54 Å². The first-order valence-electron chi connectivity index (χ1n) is 6.64. The van der Waals surface area contributed by atoms with Crippen molar-refractivity contribution >= 4 is 17.3 Å². The molecule has 1 aliphatic carbocycles. The van der Waals surface area contributed by atoms with Gasteiger partial charge in [-0.1, -0.05) is 31.4 Å². The van der Waals surface area contributed by atoms with Crippen LogP contribution in [-0.2, 0) is 6.54 Å². The van der Waals surface area contributed by atoms with Crippen LogP contribution in [0.25, 0.3) is 0 Å². The molecule has 0 saturated heterocycles. The minimum absolute atomic E-state index is 0.0384. The van der Waals surface area contributed by atoms with Crippen molar-refractivity contribution in [3.8, 4) is 0 Å². The van der Waals surface area contributed by atoms with E-state index in [1.54, 1.807) is 6.07 Å². The lowest BCUT2D eigenvalue weighted by atomic mass is 9.89. The maximum atomic E-state index is 10.6. The highest BCUT2D eigenvalue weighted by molar-refractivity contribution is 6.31. The Labute approximate surface area is 118 Å². The summed E-state index contributed by atoms with van der Waals surface area (Å²) in [4.78, 5) is 10.2. The van der Waals surface area contributed by atoms with E-state index in [9.17, 15) is 10.1 Å². The van der Waals surface area contributed by atoms with Gasteiger partial charge in [0.25, 0.3) is 5.69 Å². The lowest BCUT2D eigenvalue weighted by Gasteiger charge is -2.23. The molecule has 104 valence electrons. The molecule has 0 amide bonds. The van der Waals surface area contributed by atoms with Gasteiger partial charge in [-0.25, -0.2) is 0 Å². The summed E-state index contributed by atoms with van der Waals surface area (Å²) in [7, 11) is 0. The second-order valence-electron chi connectivity index (χ2n) is 5.65. The molecule has 19 heavy (non-hydrogen) atoms. The third-order valence-electron chi connectivity index (χ3n) is 3.93. The van der Waals surface area contributed by atoms with Crippen LogP contribution >= 0.6 is 11.6 Å². The van der Waals surface area contributed by atoms with Gasteiger partial charge in [-0.05, 0) is 29.9 Å². The van der Waals surface area contributed by atoms with Crippen LogP contribution in [0, 0.1) is 15.5 Å². The fourth-order valence-electron chi connectivity index (χ4n) is 2.70. The Bertz CT molecular complexity index is 471. The summed E-state index contributed by atoms with van der Waals surface area (Å²) < 4.78 is 0. The van der Waals surface area contributed by atoms with E-state index < -0.39 is 4.92 Å². The topological polar surface area (TPSA) is 55.2 Å². The Morgan fingerprint density at radius 1 is 1.42 bits per heavy atom. The van der Waals surface area contributed by atoms with Gasteiger partial charge >= 0.3 is 0 Å². The summed E-state index contributed by atoms with van der Waals surface area (Å²) in [6.45, 7) is 3.94. The third kappa shape index (κ3) is 3.67. The molecule has 5 heteroatoms. The molecular formula is C14H19ClN2O2. The van der Waals surface area contributed by atoms with Crippen molar-refractivity contribution in [1.29, 1.82) is 0 Å². The number of halogens is 1. The number of nitrogens with one attached hydrogen (secondary N) is 1.